The number of rotatable bonds is 3. The number of piperidine rings is 1. The van der Waals surface area contributed by atoms with E-state index in [1.54, 1.807) is 0 Å². The first-order valence-corrected chi connectivity index (χ1v) is 9.62. The standard InChI is InChI=1S/C18H28ClNO/c19-4-3-12-2-1-5-20(11-12)18(21)17-15-7-13-6-14(9-15)10-16(17)8-13/h12-17H,1-11H2. The largest absolute Gasteiger partial charge is 0.342 e. The van der Waals surface area contributed by atoms with Gasteiger partial charge in [0.25, 0.3) is 0 Å². The van der Waals surface area contributed by atoms with Crippen LogP contribution in [0, 0.1) is 35.5 Å². The van der Waals surface area contributed by atoms with Gasteiger partial charge in [-0.15, -0.1) is 11.6 Å². The fraction of sp³-hybridized carbons (Fsp3) is 0.944. The van der Waals surface area contributed by atoms with Crippen LogP contribution in [0.4, 0.5) is 0 Å². The van der Waals surface area contributed by atoms with Crippen molar-refractivity contribution in [2.75, 3.05) is 19.0 Å². The molecule has 5 aliphatic rings. The number of nitrogens with zero attached hydrogens (tertiary/aromatic N) is 1. The van der Waals surface area contributed by atoms with Crippen molar-refractivity contribution >= 4 is 17.5 Å². The summed E-state index contributed by atoms with van der Waals surface area (Å²) in [5.41, 5.74) is 0. The van der Waals surface area contributed by atoms with Crippen LogP contribution < -0.4 is 0 Å². The molecule has 4 saturated carbocycles. The van der Waals surface area contributed by atoms with E-state index in [-0.39, 0.29) is 0 Å². The van der Waals surface area contributed by atoms with E-state index >= 15 is 0 Å². The Morgan fingerprint density at radius 1 is 1.05 bits per heavy atom. The molecule has 1 amide bonds. The predicted molar refractivity (Wildman–Crippen MR) is 85.2 cm³/mol. The van der Waals surface area contributed by atoms with Crippen LogP contribution in [0.1, 0.15) is 51.4 Å². The SMILES string of the molecule is O=C(C1C2CC3CC(C2)CC1C3)N1CCCC(CCCl)C1. The lowest BCUT2D eigenvalue weighted by Crippen LogP contribution is -2.53. The van der Waals surface area contributed by atoms with Crippen LogP contribution >= 0.6 is 11.6 Å². The van der Waals surface area contributed by atoms with Crippen molar-refractivity contribution in [1.82, 2.24) is 4.90 Å². The van der Waals surface area contributed by atoms with Gasteiger partial charge in [-0.3, -0.25) is 4.79 Å². The minimum Gasteiger partial charge on any atom is -0.342 e. The third-order valence-electron chi connectivity index (χ3n) is 6.86. The zero-order chi connectivity index (χ0) is 14.4. The van der Waals surface area contributed by atoms with Crippen molar-refractivity contribution in [2.45, 2.75) is 51.4 Å². The highest BCUT2D eigenvalue weighted by Gasteiger charge is 2.51. The van der Waals surface area contributed by atoms with E-state index in [4.69, 9.17) is 11.6 Å². The van der Waals surface area contributed by atoms with E-state index < -0.39 is 0 Å². The molecule has 2 nitrogen and oxygen atoms in total. The van der Waals surface area contributed by atoms with Gasteiger partial charge in [0.05, 0.1) is 0 Å². The van der Waals surface area contributed by atoms with Gasteiger partial charge in [0.15, 0.2) is 0 Å². The van der Waals surface area contributed by atoms with E-state index in [0.29, 0.717) is 17.7 Å². The lowest BCUT2D eigenvalue weighted by atomic mass is 9.51. The van der Waals surface area contributed by atoms with Crippen LogP contribution in [-0.4, -0.2) is 29.8 Å². The molecule has 3 heteroatoms. The number of carbonyl (C=O) groups is 1. The van der Waals surface area contributed by atoms with Gasteiger partial charge in [-0.2, -0.15) is 0 Å². The maximum atomic E-state index is 13.1. The average molecular weight is 310 g/mol. The fourth-order valence-electron chi connectivity index (χ4n) is 6.19. The van der Waals surface area contributed by atoms with E-state index in [1.165, 1.54) is 44.9 Å². The van der Waals surface area contributed by atoms with E-state index in [0.717, 1.165) is 49.1 Å². The molecule has 0 aromatic carbocycles. The minimum absolute atomic E-state index is 0.382. The van der Waals surface area contributed by atoms with Crippen molar-refractivity contribution in [3.05, 3.63) is 0 Å². The molecule has 0 spiro atoms. The molecule has 1 aliphatic heterocycles. The molecule has 1 atom stereocenters. The maximum Gasteiger partial charge on any atom is 0.226 e. The summed E-state index contributed by atoms with van der Waals surface area (Å²) in [6, 6.07) is 0. The van der Waals surface area contributed by atoms with Gasteiger partial charge in [-0.25, -0.2) is 0 Å². The summed E-state index contributed by atoms with van der Waals surface area (Å²) >= 11 is 5.91. The number of halogens is 1. The second-order valence-corrected chi connectivity index (χ2v) is 8.60. The molecule has 0 aromatic rings. The Kier molecular flexibility index (Phi) is 3.94. The van der Waals surface area contributed by atoms with Gasteiger partial charge in [0.2, 0.25) is 5.91 Å². The predicted octanol–water partition coefficient (Wildman–Crippen LogP) is 3.93. The third-order valence-corrected chi connectivity index (χ3v) is 7.08. The summed E-state index contributed by atoms with van der Waals surface area (Å²) < 4.78 is 0. The molecule has 4 aliphatic carbocycles. The Balaban J connectivity index is 1.45. The number of likely N-dealkylation sites (tertiary alicyclic amines) is 1. The normalized spacial score (nSPS) is 45.1. The Morgan fingerprint density at radius 3 is 2.33 bits per heavy atom. The second-order valence-electron chi connectivity index (χ2n) is 8.23. The van der Waals surface area contributed by atoms with Crippen LogP contribution in [0.25, 0.3) is 0 Å². The van der Waals surface area contributed by atoms with Gasteiger partial charge in [-0.1, -0.05) is 0 Å². The lowest BCUT2D eigenvalue weighted by molar-refractivity contribution is -0.150. The Labute approximate surface area is 133 Å². The molecular weight excluding hydrogens is 282 g/mol. The summed E-state index contributed by atoms with van der Waals surface area (Å²) in [7, 11) is 0. The average Bonchev–Trinajstić information content (AvgIpc) is 2.46. The van der Waals surface area contributed by atoms with E-state index in [9.17, 15) is 4.79 Å². The quantitative estimate of drug-likeness (QED) is 0.723. The highest BCUT2D eigenvalue weighted by molar-refractivity contribution is 6.17. The molecule has 1 saturated heterocycles. The highest BCUT2D eigenvalue weighted by Crippen LogP contribution is 2.57. The summed E-state index contributed by atoms with van der Waals surface area (Å²) in [6.07, 6.45) is 10.4. The van der Waals surface area contributed by atoms with Crippen LogP contribution in [0.15, 0.2) is 0 Å². The molecule has 118 valence electrons. The molecule has 5 fully saturated rings. The highest BCUT2D eigenvalue weighted by atomic mass is 35.5. The number of amides is 1. The Bertz CT molecular complexity index is 380. The molecule has 5 rings (SSSR count). The summed E-state index contributed by atoms with van der Waals surface area (Å²) in [5.74, 6) is 5.66. The number of hydrogen-bond donors (Lipinski definition) is 0. The number of alkyl halides is 1. The zero-order valence-corrected chi connectivity index (χ0v) is 13.7. The molecule has 21 heavy (non-hydrogen) atoms. The fourth-order valence-corrected chi connectivity index (χ4v) is 6.50. The first-order chi connectivity index (χ1) is 10.2. The van der Waals surface area contributed by atoms with Gasteiger partial charge >= 0.3 is 0 Å². The van der Waals surface area contributed by atoms with E-state index in [1.807, 2.05) is 0 Å². The molecule has 1 heterocycles. The minimum atomic E-state index is 0.382. The molecular formula is C18H28ClNO. The number of carbonyl (C=O) groups excluding carboxylic acids is 1. The summed E-state index contributed by atoms with van der Waals surface area (Å²) in [4.78, 5) is 15.3. The summed E-state index contributed by atoms with van der Waals surface area (Å²) in [6.45, 7) is 1.98. The third kappa shape index (κ3) is 2.62. The van der Waals surface area contributed by atoms with Gasteiger partial charge in [0, 0.05) is 24.9 Å². The molecule has 0 aromatic heterocycles. The van der Waals surface area contributed by atoms with Crippen LogP contribution in [-0.2, 0) is 4.79 Å². The van der Waals surface area contributed by atoms with Crippen molar-refractivity contribution in [1.29, 1.82) is 0 Å². The first kappa shape index (κ1) is 14.4. The smallest absolute Gasteiger partial charge is 0.226 e. The molecule has 0 N–H and O–H groups in total. The van der Waals surface area contributed by atoms with Crippen LogP contribution in [0.2, 0.25) is 0 Å². The van der Waals surface area contributed by atoms with Crippen LogP contribution in [0.5, 0.6) is 0 Å². The van der Waals surface area contributed by atoms with E-state index in [2.05, 4.69) is 4.90 Å². The molecule has 0 radical (unpaired) electrons. The van der Waals surface area contributed by atoms with Crippen molar-refractivity contribution in [3.63, 3.8) is 0 Å². The molecule has 4 bridgehead atoms. The second kappa shape index (κ2) is 5.76. The summed E-state index contributed by atoms with van der Waals surface area (Å²) in [5, 5.41) is 0. The van der Waals surface area contributed by atoms with Gasteiger partial charge in [0.1, 0.15) is 0 Å². The lowest BCUT2D eigenvalue weighted by Gasteiger charge is -2.54. The van der Waals surface area contributed by atoms with Crippen molar-refractivity contribution in [3.8, 4) is 0 Å². The molecule has 1 unspecified atom stereocenters. The number of hydrogen-bond acceptors (Lipinski definition) is 1. The van der Waals surface area contributed by atoms with Gasteiger partial charge < -0.3 is 4.90 Å². The van der Waals surface area contributed by atoms with Crippen molar-refractivity contribution in [2.24, 2.45) is 35.5 Å². The van der Waals surface area contributed by atoms with Crippen molar-refractivity contribution < 1.29 is 4.79 Å². The van der Waals surface area contributed by atoms with Gasteiger partial charge in [-0.05, 0) is 81.0 Å². The topological polar surface area (TPSA) is 20.3 Å². The Hall–Kier alpha value is -0.240. The first-order valence-electron chi connectivity index (χ1n) is 9.09. The van der Waals surface area contributed by atoms with Crippen LogP contribution in [0.3, 0.4) is 0 Å². The Morgan fingerprint density at radius 2 is 1.71 bits per heavy atom. The maximum absolute atomic E-state index is 13.1. The monoisotopic (exact) mass is 309 g/mol. The zero-order valence-electron chi connectivity index (χ0n) is 13.0.